The average molecular weight is 277 g/mol. The second-order valence-corrected chi connectivity index (χ2v) is 4.97. The van der Waals surface area contributed by atoms with Crippen molar-refractivity contribution in [1.82, 2.24) is 14.8 Å². The Kier molecular flexibility index (Phi) is 2.98. The highest BCUT2D eigenvalue weighted by atomic mass is 35.5. The maximum absolute atomic E-state index is 11.1. The van der Waals surface area contributed by atoms with Crippen LogP contribution in [0.25, 0.3) is 11.1 Å². The third-order valence-electron chi connectivity index (χ3n) is 3.18. The number of nitrogens with zero attached hydrogens (tertiary/aromatic N) is 3. The number of rotatable bonds is 2. The third-order valence-corrected chi connectivity index (χ3v) is 3.48. The van der Waals surface area contributed by atoms with E-state index < -0.39 is 0 Å². The lowest BCUT2D eigenvalue weighted by molar-refractivity contribution is -0.114. The molecule has 0 fully saturated rings. The van der Waals surface area contributed by atoms with E-state index in [0.29, 0.717) is 10.8 Å². The van der Waals surface area contributed by atoms with E-state index in [4.69, 9.17) is 11.6 Å². The van der Waals surface area contributed by atoms with Gasteiger partial charge in [-0.2, -0.15) is 5.10 Å². The summed E-state index contributed by atoms with van der Waals surface area (Å²) in [5, 5.41) is 7.59. The molecule has 0 saturated carbocycles. The highest BCUT2D eigenvalue weighted by molar-refractivity contribution is 6.33. The zero-order chi connectivity index (χ0) is 13.4. The van der Waals surface area contributed by atoms with Gasteiger partial charge in [0.2, 0.25) is 5.91 Å². The molecular formula is C13H13ClN4O. The molecule has 19 heavy (non-hydrogen) atoms. The molecule has 6 heteroatoms. The summed E-state index contributed by atoms with van der Waals surface area (Å²) in [4.78, 5) is 15.2. The summed E-state index contributed by atoms with van der Waals surface area (Å²) < 4.78 is 2.00. The van der Waals surface area contributed by atoms with Gasteiger partial charge in [-0.3, -0.25) is 9.48 Å². The predicted octanol–water partition coefficient (Wildman–Crippen LogP) is 2.50. The Balaban J connectivity index is 2.05. The Hall–Kier alpha value is -1.88. The van der Waals surface area contributed by atoms with Crippen molar-refractivity contribution in [2.75, 3.05) is 5.32 Å². The molecular weight excluding hydrogens is 264 g/mol. The van der Waals surface area contributed by atoms with Crippen LogP contribution >= 0.6 is 11.6 Å². The fourth-order valence-electron chi connectivity index (χ4n) is 2.38. The maximum atomic E-state index is 11.1. The topological polar surface area (TPSA) is 59.8 Å². The van der Waals surface area contributed by atoms with Crippen molar-refractivity contribution in [3.63, 3.8) is 0 Å². The van der Waals surface area contributed by atoms with Gasteiger partial charge in [0.05, 0.1) is 11.2 Å². The molecule has 3 heterocycles. The van der Waals surface area contributed by atoms with Crippen LogP contribution in [0.3, 0.4) is 0 Å². The van der Waals surface area contributed by atoms with E-state index in [9.17, 15) is 4.79 Å². The van der Waals surface area contributed by atoms with Gasteiger partial charge in [0, 0.05) is 36.5 Å². The van der Waals surface area contributed by atoms with E-state index >= 15 is 0 Å². The van der Waals surface area contributed by atoms with Crippen LogP contribution in [0.4, 0.5) is 5.82 Å². The van der Waals surface area contributed by atoms with Gasteiger partial charge in [0.25, 0.3) is 0 Å². The van der Waals surface area contributed by atoms with Crippen molar-refractivity contribution in [2.45, 2.75) is 26.3 Å². The van der Waals surface area contributed by atoms with E-state index in [1.165, 1.54) is 12.6 Å². The molecule has 3 rings (SSSR count). The third kappa shape index (κ3) is 2.21. The summed E-state index contributed by atoms with van der Waals surface area (Å²) >= 11 is 6.21. The fraction of sp³-hybridized carbons (Fsp3) is 0.308. The van der Waals surface area contributed by atoms with Gasteiger partial charge in [0.15, 0.2) is 0 Å². The first-order chi connectivity index (χ1) is 9.15. The Labute approximate surface area is 115 Å². The minimum Gasteiger partial charge on any atom is -0.311 e. The number of carbonyl (C=O) groups is 1. The molecule has 0 aromatic carbocycles. The maximum Gasteiger partial charge on any atom is 0.222 e. The number of aryl methyl sites for hydroxylation is 1. The Morgan fingerprint density at radius 3 is 3.05 bits per heavy atom. The molecule has 0 unspecified atom stereocenters. The first-order valence-electron chi connectivity index (χ1n) is 6.13. The number of halogens is 1. The molecule has 0 saturated heterocycles. The number of hydrogen-bond acceptors (Lipinski definition) is 3. The normalized spacial score (nSPS) is 13.4. The first-order valence-corrected chi connectivity index (χ1v) is 6.51. The molecule has 1 N–H and O–H groups in total. The van der Waals surface area contributed by atoms with Gasteiger partial charge >= 0.3 is 0 Å². The first kappa shape index (κ1) is 12.2. The van der Waals surface area contributed by atoms with E-state index in [0.717, 1.165) is 30.5 Å². The molecule has 0 radical (unpaired) electrons. The summed E-state index contributed by atoms with van der Waals surface area (Å²) in [6, 6.07) is 1.79. The molecule has 2 aromatic heterocycles. The number of aromatic nitrogens is 3. The van der Waals surface area contributed by atoms with Gasteiger partial charge in [-0.05, 0) is 18.9 Å². The van der Waals surface area contributed by atoms with Crippen molar-refractivity contribution in [3.8, 4) is 11.1 Å². The summed E-state index contributed by atoms with van der Waals surface area (Å²) in [6.07, 6.45) is 5.50. The zero-order valence-corrected chi connectivity index (χ0v) is 11.2. The van der Waals surface area contributed by atoms with Gasteiger partial charge in [-0.15, -0.1) is 0 Å². The molecule has 1 aliphatic rings. The molecule has 0 atom stereocenters. The van der Waals surface area contributed by atoms with Crippen LogP contribution in [0.2, 0.25) is 5.02 Å². The van der Waals surface area contributed by atoms with E-state index in [2.05, 4.69) is 15.4 Å². The number of carbonyl (C=O) groups excluding carboxylic acids is 1. The summed E-state index contributed by atoms with van der Waals surface area (Å²) in [5.41, 5.74) is 3.09. The molecule has 1 aliphatic heterocycles. The highest BCUT2D eigenvalue weighted by Crippen LogP contribution is 2.34. The van der Waals surface area contributed by atoms with Crippen LogP contribution in [-0.2, 0) is 17.8 Å². The molecule has 98 valence electrons. The highest BCUT2D eigenvalue weighted by Gasteiger charge is 2.19. The minimum atomic E-state index is -0.152. The van der Waals surface area contributed by atoms with Crippen LogP contribution in [0.1, 0.15) is 19.0 Å². The van der Waals surface area contributed by atoms with Crippen molar-refractivity contribution in [2.24, 2.45) is 0 Å². The Bertz CT molecular complexity index is 650. The number of hydrogen-bond donors (Lipinski definition) is 1. The molecule has 1 amide bonds. The lowest BCUT2D eigenvalue weighted by Gasteiger charge is -2.07. The Morgan fingerprint density at radius 1 is 1.42 bits per heavy atom. The van der Waals surface area contributed by atoms with Crippen LogP contribution in [0, 0.1) is 0 Å². The number of fused-ring (bicyclic) bond motifs is 1. The lowest BCUT2D eigenvalue weighted by atomic mass is 10.1. The van der Waals surface area contributed by atoms with E-state index in [-0.39, 0.29) is 5.91 Å². The largest absolute Gasteiger partial charge is 0.311 e. The molecule has 0 aliphatic carbocycles. The second-order valence-electron chi connectivity index (χ2n) is 4.56. The summed E-state index contributed by atoms with van der Waals surface area (Å²) in [7, 11) is 0. The lowest BCUT2D eigenvalue weighted by Crippen LogP contribution is -2.07. The average Bonchev–Trinajstić information content (AvgIpc) is 2.93. The molecule has 0 bridgehead atoms. The second kappa shape index (κ2) is 4.66. The zero-order valence-electron chi connectivity index (χ0n) is 10.5. The van der Waals surface area contributed by atoms with Gasteiger partial charge < -0.3 is 5.32 Å². The van der Waals surface area contributed by atoms with E-state index in [1.54, 1.807) is 12.3 Å². The summed E-state index contributed by atoms with van der Waals surface area (Å²) in [6.45, 7) is 2.41. The number of nitrogens with one attached hydrogen (secondary N) is 1. The molecule has 5 nitrogen and oxygen atoms in total. The summed E-state index contributed by atoms with van der Waals surface area (Å²) in [5.74, 6) is 0.353. The monoisotopic (exact) mass is 276 g/mol. The fourth-order valence-corrected chi connectivity index (χ4v) is 2.59. The minimum absolute atomic E-state index is 0.152. The predicted molar refractivity (Wildman–Crippen MR) is 73.1 cm³/mol. The molecule has 2 aromatic rings. The van der Waals surface area contributed by atoms with Crippen LogP contribution in [-0.4, -0.2) is 20.7 Å². The van der Waals surface area contributed by atoms with Gasteiger partial charge in [0.1, 0.15) is 5.82 Å². The number of pyridine rings is 1. The van der Waals surface area contributed by atoms with Gasteiger partial charge in [-0.25, -0.2) is 4.98 Å². The Morgan fingerprint density at radius 2 is 2.26 bits per heavy atom. The quantitative estimate of drug-likeness (QED) is 0.917. The van der Waals surface area contributed by atoms with Crippen molar-refractivity contribution < 1.29 is 4.79 Å². The van der Waals surface area contributed by atoms with Crippen LogP contribution in [0.5, 0.6) is 0 Å². The van der Waals surface area contributed by atoms with Crippen molar-refractivity contribution in [3.05, 3.63) is 29.2 Å². The smallest absolute Gasteiger partial charge is 0.222 e. The van der Waals surface area contributed by atoms with Crippen molar-refractivity contribution >= 4 is 23.3 Å². The molecule has 0 spiro atoms. The standard InChI is InChI=1S/C13H13ClN4O/c1-8(19)17-13-5-9(11(14)7-15-13)10-6-16-18-4-2-3-12(10)18/h5-7H,2-4H2,1H3,(H,15,17,19). The van der Waals surface area contributed by atoms with E-state index in [1.807, 2.05) is 10.9 Å². The number of amides is 1. The van der Waals surface area contributed by atoms with Crippen LogP contribution < -0.4 is 5.32 Å². The number of anilines is 1. The van der Waals surface area contributed by atoms with Crippen molar-refractivity contribution in [1.29, 1.82) is 0 Å². The van der Waals surface area contributed by atoms with Gasteiger partial charge in [-0.1, -0.05) is 11.6 Å². The van der Waals surface area contributed by atoms with Crippen LogP contribution in [0.15, 0.2) is 18.5 Å². The SMILES string of the molecule is CC(=O)Nc1cc(-c2cnn3c2CCC3)c(Cl)cn1.